The maximum atomic E-state index is 12.8. The van der Waals surface area contributed by atoms with Crippen LogP contribution in [0.2, 0.25) is 0 Å². The molecule has 0 spiro atoms. The molecule has 1 aromatic rings. The average Bonchev–Trinajstić information content (AvgIpc) is 2.99. The number of hydrogen-bond acceptors (Lipinski definition) is 5. The van der Waals surface area contributed by atoms with Crippen molar-refractivity contribution >= 4 is 17.7 Å². The molecule has 0 aromatic carbocycles. The summed E-state index contributed by atoms with van der Waals surface area (Å²) in [6.07, 6.45) is 2.45. The second-order valence-corrected chi connectivity index (χ2v) is 7.40. The Labute approximate surface area is 166 Å². The number of nitrogens with zero attached hydrogens (tertiary/aromatic N) is 3. The minimum Gasteiger partial charge on any atom is -0.457 e. The first-order valence-corrected chi connectivity index (χ1v) is 9.60. The Bertz CT molecular complexity index is 794. The highest BCUT2D eigenvalue weighted by molar-refractivity contribution is 6.01. The van der Waals surface area contributed by atoms with Crippen molar-refractivity contribution in [2.45, 2.75) is 53.1 Å². The first-order chi connectivity index (χ1) is 13.2. The Morgan fingerprint density at radius 2 is 2.07 bits per heavy atom. The van der Waals surface area contributed by atoms with Gasteiger partial charge in [-0.15, -0.1) is 0 Å². The molecule has 1 aromatic heterocycles. The van der Waals surface area contributed by atoms with Crippen molar-refractivity contribution in [1.29, 1.82) is 0 Å². The second-order valence-electron chi connectivity index (χ2n) is 7.40. The van der Waals surface area contributed by atoms with Gasteiger partial charge in [0.25, 0.3) is 0 Å². The van der Waals surface area contributed by atoms with Crippen LogP contribution in [-0.4, -0.2) is 45.0 Å². The van der Waals surface area contributed by atoms with Crippen molar-refractivity contribution in [2.75, 3.05) is 6.61 Å². The molecule has 0 saturated carbocycles. The van der Waals surface area contributed by atoms with E-state index in [4.69, 9.17) is 4.74 Å². The lowest BCUT2D eigenvalue weighted by atomic mass is 9.76. The fraction of sp³-hybridized carbons (Fsp3) is 0.524. The fourth-order valence-corrected chi connectivity index (χ4v) is 3.54. The van der Waals surface area contributed by atoms with Crippen LogP contribution in [0.3, 0.4) is 0 Å². The standard InChI is InChI=1S/C21H29N3O4/c1-7-9-23-14(5)11-16(22-23)18(25)12-17-19(13(3)4)20(26)24(17)15(6)21(27)28-10-8-2/h8,11,13,17,19H,2,6-7,9-10,12H2,1,3-5H3/t17-,19-/m1/s1. The third-order valence-corrected chi connectivity index (χ3v) is 4.94. The molecule has 7 heteroatoms. The molecule has 1 saturated heterocycles. The fourth-order valence-electron chi connectivity index (χ4n) is 3.54. The lowest BCUT2D eigenvalue weighted by Crippen LogP contribution is -2.63. The number of hydrogen-bond donors (Lipinski definition) is 0. The number of rotatable bonds is 10. The molecule has 0 N–H and O–H groups in total. The van der Waals surface area contributed by atoms with Crippen LogP contribution in [0, 0.1) is 18.8 Å². The Hall–Kier alpha value is -2.70. The van der Waals surface area contributed by atoms with Crippen LogP contribution >= 0.6 is 0 Å². The van der Waals surface area contributed by atoms with Crippen LogP contribution in [0.4, 0.5) is 0 Å². The van der Waals surface area contributed by atoms with Crippen molar-refractivity contribution in [3.8, 4) is 0 Å². The molecule has 0 aliphatic carbocycles. The van der Waals surface area contributed by atoms with Crippen LogP contribution in [0.5, 0.6) is 0 Å². The first kappa shape index (κ1) is 21.6. The van der Waals surface area contributed by atoms with Crippen LogP contribution in [0.1, 0.15) is 49.8 Å². The van der Waals surface area contributed by atoms with Crippen molar-refractivity contribution in [3.05, 3.63) is 42.4 Å². The molecule has 28 heavy (non-hydrogen) atoms. The van der Waals surface area contributed by atoms with E-state index in [0.29, 0.717) is 5.69 Å². The van der Waals surface area contributed by atoms with Gasteiger partial charge < -0.3 is 9.64 Å². The number of aryl methyl sites for hydroxylation is 2. The highest BCUT2D eigenvalue weighted by Crippen LogP contribution is 2.38. The minimum absolute atomic E-state index is 0.0330. The van der Waals surface area contributed by atoms with Crippen molar-refractivity contribution in [1.82, 2.24) is 14.7 Å². The monoisotopic (exact) mass is 387 g/mol. The van der Waals surface area contributed by atoms with E-state index in [1.165, 1.54) is 11.0 Å². The maximum Gasteiger partial charge on any atom is 0.354 e. The molecular weight excluding hydrogens is 358 g/mol. The van der Waals surface area contributed by atoms with Gasteiger partial charge in [0.1, 0.15) is 18.0 Å². The van der Waals surface area contributed by atoms with Crippen molar-refractivity contribution < 1.29 is 19.1 Å². The normalized spacial score (nSPS) is 18.8. The summed E-state index contributed by atoms with van der Waals surface area (Å²) in [6, 6.07) is 1.33. The molecule has 1 amide bonds. The van der Waals surface area contributed by atoms with Gasteiger partial charge >= 0.3 is 5.97 Å². The van der Waals surface area contributed by atoms with Gasteiger partial charge in [-0.2, -0.15) is 5.10 Å². The molecular formula is C21H29N3O4. The van der Waals surface area contributed by atoms with E-state index >= 15 is 0 Å². The van der Waals surface area contributed by atoms with Crippen LogP contribution in [-0.2, 0) is 20.9 Å². The molecule has 152 valence electrons. The number of aromatic nitrogens is 2. The second kappa shape index (κ2) is 8.99. The average molecular weight is 387 g/mol. The summed E-state index contributed by atoms with van der Waals surface area (Å²) in [5.41, 5.74) is 1.26. The summed E-state index contributed by atoms with van der Waals surface area (Å²) in [6.45, 7) is 15.8. The highest BCUT2D eigenvalue weighted by Gasteiger charge is 2.51. The van der Waals surface area contributed by atoms with Crippen LogP contribution < -0.4 is 0 Å². The number of carbonyl (C=O) groups is 3. The Morgan fingerprint density at radius 3 is 2.64 bits per heavy atom. The topological polar surface area (TPSA) is 81.5 Å². The van der Waals surface area contributed by atoms with E-state index in [-0.39, 0.29) is 42.3 Å². The minimum atomic E-state index is -0.684. The summed E-state index contributed by atoms with van der Waals surface area (Å²) in [5, 5.41) is 4.38. The van der Waals surface area contributed by atoms with Gasteiger partial charge in [0, 0.05) is 18.7 Å². The lowest BCUT2D eigenvalue weighted by molar-refractivity contribution is -0.160. The quantitative estimate of drug-likeness (QED) is 0.203. The SMILES string of the molecule is C=CCOC(=O)C(=C)N1C(=O)[C@H](C(C)C)[C@H]1CC(=O)c1cc(C)n(CCC)n1. The van der Waals surface area contributed by atoms with Gasteiger partial charge in [-0.3, -0.25) is 14.3 Å². The van der Waals surface area contributed by atoms with E-state index < -0.39 is 12.0 Å². The third-order valence-electron chi connectivity index (χ3n) is 4.94. The smallest absolute Gasteiger partial charge is 0.354 e. The predicted octanol–water partition coefficient (Wildman–Crippen LogP) is 2.90. The number of ether oxygens (including phenoxy) is 1. The van der Waals surface area contributed by atoms with E-state index in [0.717, 1.165) is 18.7 Å². The van der Waals surface area contributed by atoms with Gasteiger partial charge in [-0.1, -0.05) is 40.0 Å². The molecule has 1 fully saturated rings. The zero-order valence-electron chi connectivity index (χ0n) is 17.1. The number of carbonyl (C=O) groups excluding carboxylic acids is 3. The van der Waals surface area contributed by atoms with Crippen LogP contribution in [0.25, 0.3) is 0 Å². The molecule has 2 atom stereocenters. The largest absolute Gasteiger partial charge is 0.457 e. The zero-order chi connectivity index (χ0) is 21.0. The van der Waals surface area contributed by atoms with Gasteiger partial charge in [0.15, 0.2) is 5.78 Å². The maximum absolute atomic E-state index is 12.8. The molecule has 2 rings (SSSR count). The number of Topliss-reactive ketones (excluding diaryl/α,β-unsaturated/α-hetero) is 1. The van der Waals surface area contributed by atoms with Gasteiger partial charge in [0.05, 0.1) is 12.0 Å². The predicted molar refractivity (Wildman–Crippen MR) is 105 cm³/mol. The zero-order valence-corrected chi connectivity index (χ0v) is 17.1. The Morgan fingerprint density at radius 1 is 1.39 bits per heavy atom. The number of β-lactam (4-membered cyclic amide) rings is 1. The molecule has 1 aliphatic heterocycles. The number of likely N-dealkylation sites (tertiary alicyclic amines) is 1. The van der Waals surface area contributed by atoms with Gasteiger partial charge in [-0.25, -0.2) is 4.79 Å². The van der Waals surface area contributed by atoms with Crippen molar-refractivity contribution in [2.24, 2.45) is 11.8 Å². The Kier molecular flexibility index (Phi) is 6.94. The van der Waals surface area contributed by atoms with Crippen LogP contribution in [0.15, 0.2) is 31.0 Å². The molecule has 0 unspecified atom stereocenters. The highest BCUT2D eigenvalue weighted by atomic mass is 16.5. The Balaban J connectivity index is 2.18. The third kappa shape index (κ3) is 4.24. The summed E-state index contributed by atoms with van der Waals surface area (Å²) in [7, 11) is 0. The molecule has 1 aliphatic rings. The summed E-state index contributed by atoms with van der Waals surface area (Å²) in [5.74, 6) is -1.35. The molecule has 2 heterocycles. The first-order valence-electron chi connectivity index (χ1n) is 9.60. The van der Waals surface area contributed by atoms with E-state index in [9.17, 15) is 14.4 Å². The van der Waals surface area contributed by atoms with E-state index in [1.807, 2.05) is 32.4 Å². The summed E-state index contributed by atoms with van der Waals surface area (Å²) >= 11 is 0. The molecule has 7 nitrogen and oxygen atoms in total. The summed E-state index contributed by atoms with van der Waals surface area (Å²) in [4.78, 5) is 38.8. The number of esters is 1. The molecule has 0 bridgehead atoms. The van der Waals surface area contributed by atoms with Crippen molar-refractivity contribution in [3.63, 3.8) is 0 Å². The number of ketones is 1. The molecule has 0 radical (unpaired) electrons. The van der Waals surface area contributed by atoms with Gasteiger partial charge in [0.2, 0.25) is 5.91 Å². The van der Waals surface area contributed by atoms with Gasteiger partial charge in [-0.05, 0) is 25.3 Å². The van der Waals surface area contributed by atoms with E-state index in [1.54, 1.807) is 6.07 Å². The lowest BCUT2D eigenvalue weighted by Gasteiger charge is -2.48. The number of amides is 1. The van der Waals surface area contributed by atoms with E-state index in [2.05, 4.69) is 18.3 Å². The summed E-state index contributed by atoms with van der Waals surface area (Å²) < 4.78 is 6.79.